The summed E-state index contributed by atoms with van der Waals surface area (Å²) in [7, 11) is 0. The highest BCUT2D eigenvalue weighted by molar-refractivity contribution is 5.96. The van der Waals surface area contributed by atoms with E-state index in [0.717, 1.165) is 67.8 Å². The molecule has 3 rings (SSSR count). The number of benzene rings is 1. The van der Waals surface area contributed by atoms with Crippen LogP contribution in [0.2, 0.25) is 0 Å². The molecule has 1 fully saturated rings. The van der Waals surface area contributed by atoms with Crippen LogP contribution in [0, 0.1) is 6.92 Å². The quantitative estimate of drug-likeness (QED) is 0.765. The molecule has 1 aliphatic heterocycles. The third-order valence-corrected chi connectivity index (χ3v) is 5.01. The van der Waals surface area contributed by atoms with Crippen LogP contribution in [-0.4, -0.2) is 34.9 Å². The molecule has 0 spiro atoms. The van der Waals surface area contributed by atoms with Gasteiger partial charge in [-0.15, -0.1) is 0 Å². The molecule has 1 aromatic heterocycles. The average Bonchev–Trinajstić information content (AvgIpc) is 3.29. The summed E-state index contributed by atoms with van der Waals surface area (Å²) >= 11 is 0. The maximum Gasteiger partial charge on any atom is 0.255 e. The number of aryl methyl sites for hydroxylation is 2. The number of hydrogen-bond donors (Lipinski definition) is 1. The molecule has 2 aromatic rings. The predicted octanol–water partition coefficient (Wildman–Crippen LogP) is 3.99. The minimum Gasteiger partial charge on any atom is -0.376 e. The maximum atomic E-state index is 13.1. The molecule has 1 saturated heterocycles. The van der Waals surface area contributed by atoms with Crippen LogP contribution in [0.5, 0.6) is 0 Å². The number of aromatic nitrogens is 2. The molecule has 27 heavy (non-hydrogen) atoms. The van der Waals surface area contributed by atoms with Gasteiger partial charge in [0.1, 0.15) is 0 Å². The lowest BCUT2D eigenvalue weighted by Gasteiger charge is -2.13. The van der Waals surface area contributed by atoms with Gasteiger partial charge in [-0.1, -0.05) is 38.8 Å². The van der Waals surface area contributed by atoms with Crippen LogP contribution in [0.1, 0.15) is 66.8 Å². The largest absolute Gasteiger partial charge is 0.376 e. The fourth-order valence-corrected chi connectivity index (χ4v) is 3.72. The van der Waals surface area contributed by atoms with Gasteiger partial charge in [-0.2, -0.15) is 5.10 Å². The van der Waals surface area contributed by atoms with Gasteiger partial charge in [-0.3, -0.25) is 4.79 Å². The van der Waals surface area contributed by atoms with Gasteiger partial charge in [0.15, 0.2) is 0 Å². The topological polar surface area (TPSA) is 56.2 Å². The number of carbonyl (C=O) groups excluding carboxylic acids is 1. The zero-order valence-electron chi connectivity index (χ0n) is 16.8. The van der Waals surface area contributed by atoms with Crippen molar-refractivity contribution in [3.05, 3.63) is 46.8 Å². The first-order chi connectivity index (χ1) is 13.1. The van der Waals surface area contributed by atoms with Crippen molar-refractivity contribution < 1.29 is 9.53 Å². The second kappa shape index (κ2) is 9.18. The van der Waals surface area contributed by atoms with Crippen LogP contribution in [0.4, 0.5) is 0 Å². The van der Waals surface area contributed by atoms with Crippen LogP contribution in [0.25, 0.3) is 5.69 Å². The SMILES string of the molecule is CCCc1nn(-c2cccc(C)c2)c(CCC)c1C(=O)NCC1CCCO1. The van der Waals surface area contributed by atoms with Crippen LogP contribution in [0.3, 0.4) is 0 Å². The second-order valence-corrected chi connectivity index (χ2v) is 7.36. The molecule has 146 valence electrons. The highest BCUT2D eigenvalue weighted by atomic mass is 16.5. The van der Waals surface area contributed by atoms with Crippen LogP contribution in [-0.2, 0) is 17.6 Å². The van der Waals surface area contributed by atoms with E-state index in [2.05, 4.69) is 44.3 Å². The van der Waals surface area contributed by atoms with Gasteiger partial charge in [0.25, 0.3) is 5.91 Å². The van der Waals surface area contributed by atoms with Gasteiger partial charge in [-0.05, 0) is 50.3 Å². The molecule has 2 heterocycles. The normalized spacial score (nSPS) is 16.6. The molecule has 0 saturated carbocycles. The third kappa shape index (κ3) is 4.59. The lowest BCUT2D eigenvalue weighted by atomic mass is 10.0. The molecule has 1 amide bonds. The average molecular weight is 370 g/mol. The van der Waals surface area contributed by atoms with Crippen molar-refractivity contribution in [1.82, 2.24) is 15.1 Å². The summed E-state index contributed by atoms with van der Waals surface area (Å²) in [4.78, 5) is 13.1. The minimum absolute atomic E-state index is 0.0173. The zero-order valence-corrected chi connectivity index (χ0v) is 16.8. The summed E-state index contributed by atoms with van der Waals surface area (Å²) in [6.45, 7) is 7.72. The van der Waals surface area contributed by atoms with E-state index in [1.165, 1.54) is 5.56 Å². The second-order valence-electron chi connectivity index (χ2n) is 7.36. The van der Waals surface area contributed by atoms with Crippen molar-refractivity contribution in [2.45, 2.75) is 65.4 Å². The van der Waals surface area contributed by atoms with Crippen LogP contribution in [0.15, 0.2) is 24.3 Å². The third-order valence-electron chi connectivity index (χ3n) is 5.01. The molecule has 0 bridgehead atoms. The predicted molar refractivity (Wildman–Crippen MR) is 108 cm³/mol. The number of nitrogens with one attached hydrogen (secondary N) is 1. The molecule has 1 aliphatic rings. The Hall–Kier alpha value is -2.14. The van der Waals surface area contributed by atoms with Gasteiger partial charge in [-0.25, -0.2) is 4.68 Å². The number of amides is 1. The Labute approximate surface area is 162 Å². The smallest absolute Gasteiger partial charge is 0.255 e. The summed E-state index contributed by atoms with van der Waals surface area (Å²) < 4.78 is 7.62. The van der Waals surface area contributed by atoms with Crippen molar-refractivity contribution in [3.8, 4) is 5.69 Å². The van der Waals surface area contributed by atoms with Gasteiger partial charge in [0.05, 0.1) is 28.7 Å². The Kier molecular flexibility index (Phi) is 6.67. The van der Waals surface area contributed by atoms with E-state index in [1.54, 1.807) is 0 Å². The number of hydrogen-bond acceptors (Lipinski definition) is 3. The summed E-state index contributed by atoms with van der Waals surface area (Å²) in [6, 6.07) is 8.30. The molecule has 5 heteroatoms. The van der Waals surface area contributed by atoms with E-state index in [1.807, 2.05) is 10.7 Å². The molecular formula is C22H31N3O2. The fraction of sp³-hybridized carbons (Fsp3) is 0.545. The molecule has 1 unspecified atom stereocenters. The molecule has 0 radical (unpaired) electrons. The van der Waals surface area contributed by atoms with Crippen molar-refractivity contribution in [3.63, 3.8) is 0 Å². The van der Waals surface area contributed by atoms with Crippen molar-refractivity contribution >= 4 is 5.91 Å². The monoisotopic (exact) mass is 369 g/mol. The maximum absolute atomic E-state index is 13.1. The van der Waals surface area contributed by atoms with E-state index in [4.69, 9.17) is 9.84 Å². The molecule has 1 aromatic carbocycles. The lowest BCUT2D eigenvalue weighted by Crippen LogP contribution is -2.32. The first-order valence-electron chi connectivity index (χ1n) is 10.2. The minimum atomic E-state index is -0.0173. The summed E-state index contributed by atoms with van der Waals surface area (Å²) in [5.74, 6) is -0.0173. The van der Waals surface area contributed by atoms with E-state index < -0.39 is 0 Å². The molecule has 1 N–H and O–H groups in total. The highest BCUT2D eigenvalue weighted by Crippen LogP contribution is 2.23. The number of ether oxygens (including phenoxy) is 1. The van der Waals surface area contributed by atoms with Gasteiger partial charge in [0.2, 0.25) is 0 Å². The van der Waals surface area contributed by atoms with Crippen molar-refractivity contribution in [2.75, 3.05) is 13.2 Å². The first kappa shape index (κ1) is 19.6. The zero-order chi connectivity index (χ0) is 19.2. The number of nitrogens with zero attached hydrogens (tertiary/aromatic N) is 2. The van der Waals surface area contributed by atoms with E-state index in [0.29, 0.717) is 6.54 Å². The Balaban J connectivity index is 1.95. The summed E-state index contributed by atoms with van der Waals surface area (Å²) in [5.41, 5.74) is 4.88. The Bertz CT molecular complexity index is 776. The van der Waals surface area contributed by atoms with E-state index in [-0.39, 0.29) is 12.0 Å². The van der Waals surface area contributed by atoms with Gasteiger partial charge in [0, 0.05) is 13.2 Å². The lowest BCUT2D eigenvalue weighted by molar-refractivity contribution is 0.0856. The Morgan fingerprint density at radius 2 is 2.11 bits per heavy atom. The fourth-order valence-electron chi connectivity index (χ4n) is 3.72. The first-order valence-corrected chi connectivity index (χ1v) is 10.2. The summed E-state index contributed by atoms with van der Waals surface area (Å²) in [6.07, 6.45) is 5.80. The van der Waals surface area contributed by atoms with Gasteiger partial charge < -0.3 is 10.1 Å². The van der Waals surface area contributed by atoms with Crippen molar-refractivity contribution in [1.29, 1.82) is 0 Å². The summed E-state index contributed by atoms with van der Waals surface area (Å²) in [5, 5.41) is 7.95. The Morgan fingerprint density at radius 1 is 1.30 bits per heavy atom. The van der Waals surface area contributed by atoms with E-state index >= 15 is 0 Å². The number of carbonyl (C=O) groups is 1. The Morgan fingerprint density at radius 3 is 2.78 bits per heavy atom. The standard InChI is InChI=1S/C22H31N3O2/c1-4-8-19-21(22(26)23-15-18-12-7-13-27-18)20(9-5-2)25(24-19)17-11-6-10-16(3)14-17/h6,10-11,14,18H,4-5,7-9,12-13,15H2,1-3H3,(H,23,26). The molecule has 0 aliphatic carbocycles. The number of rotatable bonds is 8. The molecular weight excluding hydrogens is 338 g/mol. The highest BCUT2D eigenvalue weighted by Gasteiger charge is 2.25. The van der Waals surface area contributed by atoms with E-state index in [9.17, 15) is 4.79 Å². The van der Waals surface area contributed by atoms with Crippen LogP contribution < -0.4 is 5.32 Å². The molecule has 1 atom stereocenters. The molecule has 5 nitrogen and oxygen atoms in total. The van der Waals surface area contributed by atoms with Gasteiger partial charge >= 0.3 is 0 Å². The van der Waals surface area contributed by atoms with Crippen LogP contribution >= 0.6 is 0 Å². The van der Waals surface area contributed by atoms with Crippen molar-refractivity contribution in [2.24, 2.45) is 0 Å².